The number of hydrogen-bond donors (Lipinski definition) is 1. The number of halogens is 3. The van der Waals surface area contributed by atoms with Crippen LogP contribution in [0.5, 0.6) is 0 Å². The number of hydrogen-bond acceptors (Lipinski definition) is 7. The molecule has 4 rings (SSSR count). The largest absolute Gasteiger partial charge is 0.405 e. The first-order valence-electron chi connectivity index (χ1n) is 9.98. The molecule has 14 heteroatoms. The molecule has 0 atom stereocenters. The van der Waals surface area contributed by atoms with E-state index in [-0.39, 0.29) is 12.2 Å². The van der Waals surface area contributed by atoms with Crippen LogP contribution in [-0.2, 0) is 16.7 Å². The summed E-state index contributed by atoms with van der Waals surface area (Å²) in [4.78, 5) is 32.2. The van der Waals surface area contributed by atoms with Crippen molar-refractivity contribution in [1.29, 1.82) is 0 Å². The molecule has 0 radical (unpaired) electrons. The van der Waals surface area contributed by atoms with Crippen LogP contribution in [0.15, 0.2) is 53.9 Å². The number of aromatic nitrogens is 5. The van der Waals surface area contributed by atoms with Gasteiger partial charge in [-0.2, -0.15) is 13.2 Å². The molecule has 0 fully saturated rings. The highest BCUT2D eigenvalue weighted by Gasteiger charge is 2.30. The van der Waals surface area contributed by atoms with Crippen molar-refractivity contribution in [3.8, 4) is 22.6 Å². The quantitative estimate of drug-likeness (QED) is 0.232. The second kappa shape index (κ2) is 9.66. The predicted octanol–water partition coefficient (Wildman–Crippen LogP) is 3.69. The average molecular weight is 505 g/mol. The van der Waals surface area contributed by atoms with E-state index in [1.807, 2.05) is 30.0 Å². The van der Waals surface area contributed by atoms with Gasteiger partial charge in [-0.3, -0.25) is 9.20 Å². The molecular formula is C21H18F3N7O3S. The summed E-state index contributed by atoms with van der Waals surface area (Å²) in [6, 6.07) is 8.64. The standard InChI is InChI=1S/C21H18F3N7O3S/c1-29-18(27-28-20(29)35-2)14-6-7-30-16(10-25-17(30)9-14)13-4-3-5-15(8-13)31(34-12-32)19(33)26-11-21(22,23)24/h3-10,12H,11H2,1-2H3,(H,26,33). The number of imidazole rings is 1. The van der Waals surface area contributed by atoms with Crippen molar-refractivity contribution < 1.29 is 27.6 Å². The third kappa shape index (κ3) is 5.06. The van der Waals surface area contributed by atoms with Gasteiger partial charge in [0.15, 0.2) is 11.0 Å². The SMILES string of the molecule is CSc1nnc(-c2ccn3c(-c4cccc(N(OC=O)C(=O)NCC(F)(F)F)c4)cnc3c2)n1C. The minimum Gasteiger partial charge on any atom is -0.335 e. The summed E-state index contributed by atoms with van der Waals surface area (Å²) in [5.74, 6) is 0.676. The van der Waals surface area contributed by atoms with Gasteiger partial charge in [0, 0.05) is 24.4 Å². The second-order valence-electron chi connectivity index (χ2n) is 7.18. The Kier molecular flexibility index (Phi) is 6.64. The Labute approximate surface area is 200 Å². The summed E-state index contributed by atoms with van der Waals surface area (Å²) in [6.45, 7) is -1.63. The summed E-state index contributed by atoms with van der Waals surface area (Å²) in [5.41, 5.74) is 2.68. The van der Waals surface area contributed by atoms with Crippen LogP contribution in [0.25, 0.3) is 28.3 Å². The maximum atomic E-state index is 12.5. The molecule has 2 amide bonds. The van der Waals surface area contributed by atoms with Gasteiger partial charge in [-0.25, -0.2) is 9.78 Å². The minimum absolute atomic E-state index is 0.0459. The van der Waals surface area contributed by atoms with Gasteiger partial charge in [0.25, 0.3) is 0 Å². The Morgan fingerprint density at radius 1 is 1.23 bits per heavy atom. The summed E-state index contributed by atoms with van der Waals surface area (Å²) < 4.78 is 41.1. The fourth-order valence-corrected chi connectivity index (χ4v) is 3.87. The molecule has 0 aliphatic heterocycles. The van der Waals surface area contributed by atoms with E-state index < -0.39 is 18.8 Å². The number of alkyl halides is 3. The highest BCUT2D eigenvalue weighted by Crippen LogP contribution is 2.28. The second-order valence-corrected chi connectivity index (χ2v) is 7.95. The number of anilines is 1. The van der Waals surface area contributed by atoms with Crippen LogP contribution in [0.3, 0.4) is 0 Å². The number of fused-ring (bicyclic) bond motifs is 1. The zero-order chi connectivity index (χ0) is 25.2. The maximum absolute atomic E-state index is 12.5. The molecule has 35 heavy (non-hydrogen) atoms. The van der Waals surface area contributed by atoms with Crippen molar-refractivity contribution in [2.45, 2.75) is 11.3 Å². The molecule has 0 saturated heterocycles. The van der Waals surface area contributed by atoms with E-state index in [9.17, 15) is 22.8 Å². The number of amides is 2. The molecule has 3 aromatic heterocycles. The van der Waals surface area contributed by atoms with Crippen LogP contribution in [-0.4, -0.2) is 55.6 Å². The van der Waals surface area contributed by atoms with Crippen LogP contribution in [0.2, 0.25) is 0 Å². The number of hydroxylamine groups is 1. The van der Waals surface area contributed by atoms with Crippen LogP contribution < -0.4 is 10.4 Å². The Hall–Kier alpha value is -4.07. The Bertz CT molecular complexity index is 1390. The molecule has 0 saturated carbocycles. The number of carbonyl (C=O) groups excluding carboxylic acids is 2. The lowest BCUT2D eigenvalue weighted by Crippen LogP contribution is -2.43. The van der Waals surface area contributed by atoms with Crippen LogP contribution >= 0.6 is 11.8 Å². The number of carbonyl (C=O) groups is 2. The van der Waals surface area contributed by atoms with Crippen molar-refractivity contribution in [1.82, 2.24) is 29.5 Å². The first kappa shape index (κ1) is 24.1. The zero-order valence-corrected chi connectivity index (χ0v) is 19.2. The van der Waals surface area contributed by atoms with E-state index in [0.717, 1.165) is 10.7 Å². The Morgan fingerprint density at radius 2 is 2.03 bits per heavy atom. The summed E-state index contributed by atoms with van der Waals surface area (Å²) >= 11 is 1.48. The molecule has 0 aliphatic carbocycles. The van der Waals surface area contributed by atoms with E-state index in [0.29, 0.717) is 27.8 Å². The molecule has 0 aliphatic rings. The monoisotopic (exact) mass is 505 g/mol. The van der Waals surface area contributed by atoms with Gasteiger partial charge in [-0.05, 0) is 30.5 Å². The molecule has 0 bridgehead atoms. The highest BCUT2D eigenvalue weighted by atomic mass is 32.2. The van der Waals surface area contributed by atoms with Gasteiger partial charge in [-0.15, -0.1) is 15.3 Å². The number of nitrogens with one attached hydrogen (secondary N) is 1. The van der Waals surface area contributed by atoms with Gasteiger partial charge < -0.3 is 14.7 Å². The number of thioether (sulfide) groups is 1. The number of urea groups is 1. The fraction of sp³-hybridized carbons (Fsp3) is 0.190. The molecule has 1 aromatic carbocycles. The molecule has 0 unspecified atom stereocenters. The van der Waals surface area contributed by atoms with Crippen molar-refractivity contribution in [3.05, 3.63) is 48.8 Å². The van der Waals surface area contributed by atoms with Gasteiger partial charge in [0.2, 0.25) is 0 Å². The van der Waals surface area contributed by atoms with Crippen molar-refractivity contribution in [2.75, 3.05) is 17.9 Å². The number of rotatable bonds is 7. The molecular weight excluding hydrogens is 487 g/mol. The van der Waals surface area contributed by atoms with E-state index in [1.165, 1.54) is 23.9 Å². The van der Waals surface area contributed by atoms with E-state index in [1.54, 1.807) is 34.2 Å². The lowest BCUT2D eigenvalue weighted by molar-refractivity contribution is -0.129. The summed E-state index contributed by atoms with van der Waals surface area (Å²) in [6.07, 6.45) is 0.689. The highest BCUT2D eigenvalue weighted by molar-refractivity contribution is 7.98. The molecule has 182 valence electrons. The van der Waals surface area contributed by atoms with Gasteiger partial charge in [0.05, 0.1) is 17.6 Å². The summed E-state index contributed by atoms with van der Waals surface area (Å²) in [7, 11) is 1.87. The van der Waals surface area contributed by atoms with Crippen LogP contribution in [0, 0.1) is 0 Å². The lowest BCUT2D eigenvalue weighted by atomic mass is 10.1. The first-order valence-corrected chi connectivity index (χ1v) is 11.2. The van der Waals surface area contributed by atoms with Crippen molar-refractivity contribution >= 4 is 35.6 Å². The van der Waals surface area contributed by atoms with E-state index in [4.69, 9.17) is 0 Å². The number of benzene rings is 1. The summed E-state index contributed by atoms with van der Waals surface area (Å²) in [5, 5.41) is 11.2. The third-order valence-electron chi connectivity index (χ3n) is 4.94. The molecule has 1 N–H and O–H groups in total. The Morgan fingerprint density at radius 3 is 2.71 bits per heavy atom. The number of nitrogens with zero attached hydrogens (tertiary/aromatic N) is 6. The normalized spacial score (nSPS) is 11.5. The van der Waals surface area contributed by atoms with Crippen LogP contribution in [0.1, 0.15) is 0 Å². The zero-order valence-electron chi connectivity index (χ0n) is 18.4. The van der Waals surface area contributed by atoms with Gasteiger partial charge in [0.1, 0.15) is 12.2 Å². The van der Waals surface area contributed by atoms with E-state index in [2.05, 4.69) is 20.0 Å². The average Bonchev–Trinajstić information content (AvgIpc) is 3.43. The molecule has 0 spiro atoms. The molecule has 10 nitrogen and oxygen atoms in total. The fourth-order valence-electron chi connectivity index (χ4n) is 3.39. The molecule has 3 heterocycles. The van der Waals surface area contributed by atoms with Gasteiger partial charge in [-0.1, -0.05) is 23.9 Å². The van der Waals surface area contributed by atoms with Crippen molar-refractivity contribution in [3.63, 3.8) is 0 Å². The lowest BCUT2D eigenvalue weighted by Gasteiger charge is -2.20. The van der Waals surface area contributed by atoms with Gasteiger partial charge >= 0.3 is 18.7 Å². The third-order valence-corrected chi connectivity index (χ3v) is 5.66. The van der Waals surface area contributed by atoms with Crippen LogP contribution in [0.4, 0.5) is 23.7 Å². The first-order chi connectivity index (χ1) is 16.7. The topological polar surface area (TPSA) is 107 Å². The molecule has 4 aromatic rings. The Balaban J connectivity index is 1.65. The van der Waals surface area contributed by atoms with E-state index >= 15 is 0 Å². The predicted molar refractivity (Wildman–Crippen MR) is 121 cm³/mol. The smallest absolute Gasteiger partial charge is 0.335 e. The number of pyridine rings is 1. The van der Waals surface area contributed by atoms with Crippen molar-refractivity contribution in [2.24, 2.45) is 7.05 Å². The minimum atomic E-state index is -4.62. The maximum Gasteiger partial charge on any atom is 0.405 e.